The van der Waals surface area contributed by atoms with Gasteiger partial charge in [-0.2, -0.15) is 0 Å². The van der Waals surface area contributed by atoms with Crippen molar-refractivity contribution in [3.05, 3.63) is 0 Å². The van der Waals surface area contributed by atoms with Crippen LogP contribution in [0.1, 0.15) is 52.4 Å². The number of hydrogen-bond donors (Lipinski definition) is 0. The number of rotatable bonds is 6. The fourth-order valence-electron chi connectivity index (χ4n) is 2.64. The Kier molecular flexibility index (Phi) is 5.50. The van der Waals surface area contributed by atoms with Crippen LogP contribution in [-0.2, 0) is 14.3 Å². The van der Waals surface area contributed by atoms with E-state index in [4.69, 9.17) is 4.74 Å². The predicted octanol–water partition coefficient (Wildman–Crippen LogP) is 2.73. The molecule has 0 spiro atoms. The molecule has 3 nitrogen and oxygen atoms in total. The largest absolute Gasteiger partial charge is 0.466 e. The van der Waals surface area contributed by atoms with E-state index in [1.54, 1.807) is 6.92 Å². The highest BCUT2D eigenvalue weighted by molar-refractivity contribution is 5.78. The molecule has 92 valence electrons. The molecule has 0 unspecified atom stereocenters. The van der Waals surface area contributed by atoms with Gasteiger partial charge in [-0.05, 0) is 44.9 Å². The number of carbonyl (C=O) groups is 2. The van der Waals surface area contributed by atoms with Crippen molar-refractivity contribution in [2.45, 2.75) is 52.4 Å². The summed E-state index contributed by atoms with van der Waals surface area (Å²) in [6, 6.07) is 0. The van der Waals surface area contributed by atoms with Gasteiger partial charge in [0.15, 0.2) is 0 Å². The Morgan fingerprint density at radius 2 is 1.94 bits per heavy atom. The van der Waals surface area contributed by atoms with Crippen molar-refractivity contribution in [1.29, 1.82) is 0 Å². The predicted molar refractivity (Wildman–Crippen MR) is 62.0 cm³/mol. The molecular weight excluding hydrogens is 204 g/mol. The number of unbranched alkanes of at least 4 members (excludes halogenated alkanes) is 1. The Bertz CT molecular complexity index is 248. The molecule has 1 fully saturated rings. The molecule has 0 bridgehead atoms. The molecule has 0 aromatic heterocycles. The first-order valence-electron chi connectivity index (χ1n) is 6.25. The summed E-state index contributed by atoms with van der Waals surface area (Å²) in [6.45, 7) is 3.66. The molecule has 2 atom stereocenters. The number of ether oxygens (including phenoxy) is 1. The molecule has 0 aromatic carbocycles. The summed E-state index contributed by atoms with van der Waals surface area (Å²) >= 11 is 0. The smallest absolute Gasteiger partial charge is 0.302 e. The molecule has 0 N–H and O–H groups in total. The Labute approximate surface area is 97.5 Å². The molecule has 1 rings (SSSR count). The van der Waals surface area contributed by atoms with Gasteiger partial charge in [-0.15, -0.1) is 0 Å². The second-order valence-electron chi connectivity index (χ2n) is 4.74. The van der Waals surface area contributed by atoms with Gasteiger partial charge in [0.2, 0.25) is 0 Å². The van der Waals surface area contributed by atoms with E-state index in [0.717, 1.165) is 25.7 Å². The highest BCUT2D eigenvalue weighted by atomic mass is 16.5. The van der Waals surface area contributed by atoms with Gasteiger partial charge < -0.3 is 4.74 Å². The normalized spacial score (nSPS) is 24.4. The van der Waals surface area contributed by atoms with Crippen LogP contribution in [0.5, 0.6) is 0 Å². The minimum absolute atomic E-state index is 0.206. The standard InChI is InChI=1S/C13H22O3/c1-10(14)13-8-5-7-12(13)6-3-4-9-16-11(2)15/h12-13H,3-9H2,1-2H3/t12-,13+/m1/s1. The summed E-state index contributed by atoms with van der Waals surface area (Å²) < 4.78 is 4.88. The van der Waals surface area contributed by atoms with Crippen LogP contribution in [0.25, 0.3) is 0 Å². The lowest BCUT2D eigenvalue weighted by molar-refractivity contribution is -0.141. The molecule has 0 aliphatic heterocycles. The average Bonchev–Trinajstić information content (AvgIpc) is 2.65. The topological polar surface area (TPSA) is 43.4 Å². The zero-order valence-corrected chi connectivity index (χ0v) is 10.3. The van der Waals surface area contributed by atoms with Crippen LogP contribution in [0.15, 0.2) is 0 Å². The third kappa shape index (κ3) is 4.33. The van der Waals surface area contributed by atoms with Crippen LogP contribution in [0.2, 0.25) is 0 Å². The van der Waals surface area contributed by atoms with Gasteiger partial charge in [0.25, 0.3) is 0 Å². The van der Waals surface area contributed by atoms with E-state index in [9.17, 15) is 9.59 Å². The van der Waals surface area contributed by atoms with E-state index in [0.29, 0.717) is 24.2 Å². The first-order valence-corrected chi connectivity index (χ1v) is 6.25. The summed E-state index contributed by atoms with van der Waals surface area (Å²) in [7, 11) is 0. The van der Waals surface area contributed by atoms with Gasteiger partial charge in [0.1, 0.15) is 5.78 Å². The highest BCUT2D eigenvalue weighted by Gasteiger charge is 2.29. The molecule has 1 aliphatic carbocycles. The van der Waals surface area contributed by atoms with Gasteiger partial charge in [0, 0.05) is 12.8 Å². The van der Waals surface area contributed by atoms with E-state index in [-0.39, 0.29) is 5.97 Å². The van der Waals surface area contributed by atoms with E-state index in [1.807, 2.05) is 0 Å². The highest BCUT2D eigenvalue weighted by Crippen LogP contribution is 2.35. The lowest BCUT2D eigenvalue weighted by Crippen LogP contribution is -2.16. The quantitative estimate of drug-likeness (QED) is 0.516. The first kappa shape index (κ1) is 13.2. The Hall–Kier alpha value is -0.860. The molecule has 16 heavy (non-hydrogen) atoms. The van der Waals surface area contributed by atoms with Gasteiger partial charge in [0.05, 0.1) is 6.61 Å². The van der Waals surface area contributed by atoms with Crippen LogP contribution < -0.4 is 0 Å². The number of Topliss-reactive ketones (excluding diaryl/α,β-unsaturated/α-hetero) is 1. The van der Waals surface area contributed by atoms with Crippen LogP contribution in [0.3, 0.4) is 0 Å². The minimum atomic E-state index is -0.206. The molecule has 1 aliphatic rings. The summed E-state index contributed by atoms with van der Waals surface area (Å²) in [4.78, 5) is 21.9. The average molecular weight is 226 g/mol. The fourth-order valence-corrected chi connectivity index (χ4v) is 2.64. The maximum absolute atomic E-state index is 11.4. The minimum Gasteiger partial charge on any atom is -0.466 e. The second kappa shape index (κ2) is 6.66. The Balaban J connectivity index is 2.12. The van der Waals surface area contributed by atoms with E-state index in [1.165, 1.54) is 19.8 Å². The number of hydrogen-bond acceptors (Lipinski definition) is 3. The van der Waals surface area contributed by atoms with Crippen molar-refractivity contribution in [2.24, 2.45) is 11.8 Å². The molecule has 0 radical (unpaired) electrons. The number of ketones is 1. The van der Waals surface area contributed by atoms with Crippen LogP contribution >= 0.6 is 0 Å². The zero-order valence-electron chi connectivity index (χ0n) is 10.3. The lowest BCUT2D eigenvalue weighted by Gasteiger charge is -2.16. The van der Waals surface area contributed by atoms with Crippen molar-refractivity contribution in [3.8, 4) is 0 Å². The lowest BCUT2D eigenvalue weighted by atomic mass is 9.88. The molecule has 1 saturated carbocycles. The van der Waals surface area contributed by atoms with E-state index in [2.05, 4.69) is 0 Å². The molecular formula is C13H22O3. The summed E-state index contributed by atoms with van der Waals surface area (Å²) in [5, 5.41) is 0. The number of carbonyl (C=O) groups excluding carboxylic acids is 2. The SMILES string of the molecule is CC(=O)OCCCC[C@@H]1CCC[C@H]1C(C)=O. The Morgan fingerprint density at radius 1 is 1.19 bits per heavy atom. The van der Waals surface area contributed by atoms with Crippen molar-refractivity contribution in [3.63, 3.8) is 0 Å². The molecule has 0 heterocycles. The summed E-state index contributed by atoms with van der Waals surface area (Å²) in [6.07, 6.45) is 6.54. The van der Waals surface area contributed by atoms with Gasteiger partial charge in [-0.25, -0.2) is 0 Å². The maximum Gasteiger partial charge on any atom is 0.302 e. The number of esters is 1. The van der Waals surface area contributed by atoms with Crippen molar-refractivity contribution in [2.75, 3.05) is 6.61 Å². The van der Waals surface area contributed by atoms with E-state index >= 15 is 0 Å². The molecule has 3 heteroatoms. The first-order chi connectivity index (χ1) is 7.61. The summed E-state index contributed by atoms with van der Waals surface area (Å²) in [5.41, 5.74) is 0. The molecule has 0 amide bonds. The monoisotopic (exact) mass is 226 g/mol. The van der Waals surface area contributed by atoms with Gasteiger partial charge >= 0.3 is 5.97 Å². The van der Waals surface area contributed by atoms with Crippen LogP contribution in [-0.4, -0.2) is 18.4 Å². The van der Waals surface area contributed by atoms with Crippen molar-refractivity contribution in [1.82, 2.24) is 0 Å². The zero-order chi connectivity index (χ0) is 12.0. The Morgan fingerprint density at radius 3 is 2.56 bits per heavy atom. The molecule has 0 saturated heterocycles. The fraction of sp³-hybridized carbons (Fsp3) is 0.846. The second-order valence-corrected chi connectivity index (χ2v) is 4.74. The third-order valence-corrected chi connectivity index (χ3v) is 3.46. The van der Waals surface area contributed by atoms with Crippen LogP contribution in [0, 0.1) is 11.8 Å². The van der Waals surface area contributed by atoms with Crippen LogP contribution in [0.4, 0.5) is 0 Å². The molecule has 0 aromatic rings. The van der Waals surface area contributed by atoms with Gasteiger partial charge in [-0.1, -0.05) is 6.42 Å². The van der Waals surface area contributed by atoms with Crippen molar-refractivity contribution < 1.29 is 14.3 Å². The maximum atomic E-state index is 11.4. The van der Waals surface area contributed by atoms with Gasteiger partial charge in [-0.3, -0.25) is 9.59 Å². The summed E-state index contributed by atoms with van der Waals surface area (Å²) in [5.74, 6) is 1.02. The van der Waals surface area contributed by atoms with E-state index < -0.39 is 0 Å². The third-order valence-electron chi connectivity index (χ3n) is 3.46. The van der Waals surface area contributed by atoms with Crippen molar-refractivity contribution >= 4 is 11.8 Å².